The van der Waals surface area contributed by atoms with Crippen LogP contribution < -0.4 is 16.6 Å². The number of benzene rings is 1. The summed E-state index contributed by atoms with van der Waals surface area (Å²) in [5.74, 6) is 0.199. The lowest BCUT2D eigenvalue weighted by Gasteiger charge is -2.08. The van der Waals surface area contributed by atoms with Gasteiger partial charge in [-0.05, 0) is 24.3 Å². The molecule has 0 aliphatic rings. The third kappa shape index (κ3) is 3.81. The van der Waals surface area contributed by atoms with E-state index in [0.29, 0.717) is 0 Å². The fraction of sp³-hybridized carbons (Fsp3) is 0.0833. The second kappa shape index (κ2) is 5.65. The highest BCUT2D eigenvalue weighted by Gasteiger charge is 2.30. The first-order valence-corrected chi connectivity index (χ1v) is 5.69. The summed E-state index contributed by atoms with van der Waals surface area (Å²) in [5, 5.41) is 7.48. The lowest BCUT2D eigenvalue weighted by atomic mass is 10.1. The molecule has 21 heavy (non-hydrogen) atoms. The van der Waals surface area contributed by atoms with Crippen LogP contribution in [0.4, 0.5) is 23.8 Å². The van der Waals surface area contributed by atoms with E-state index < -0.39 is 17.8 Å². The predicted molar refractivity (Wildman–Crippen MR) is 68.8 cm³/mol. The van der Waals surface area contributed by atoms with Gasteiger partial charge in [0.05, 0.1) is 11.3 Å². The zero-order valence-corrected chi connectivity index (χ0v) is 10.5. The van der Waals surface area contributed by atoms with E-state index >= 15 is 0 Å². The van der Waals surface area contributed by atoms with E-state index in [0.717, 1.165) is 12.1 Å². The van der Waals surface area contributed by atoms with E-state index in [1.807, 2.05) is 0 Å². The zero-order valence-electron chi connectivity index (χ0n) is 10.5. The van der Waals surface area contributed by atoms with Gasteiger partial charge >= 0.3 is 12.2 Å². The highest BCUT2D eigenvalue weighted by molar-refractivity contribution is 5.73. The Balaban J connectivity index is 2.21. The van der Waals surface area contributed by atoms with Crippen LogP contribution in [0, 0.1) is 0 Å². The van der Waals surface area contributed by atoms with Crippen molar-refractivity contribution in [2.24, 2.45) is 5.73 Å². The first-order chi connectivity index (χ1) is 9.86. The van der Waals surface area contributed by atoms with Gasteiger partial charge in [0.1, 0.15) is 0 Å². The van der Waals surface area contributed by atoms with Crippen molar-refractivity contribution in [1.29, 1.82) is 0 Å². The van der Waals surface area contributed by atoms with E-state index in [9.17, 15) is 18.0 Å². The molecular formula is C12H10F3N5O. The lowest BCUT2D eigenvalue weighted by Crippen LogP contribution is -2.34. The average molecular weight is 297 g/mol. The van der Waals surface area contributed by atoms with Crippen molar-refractivity contribution in [3.63, 3.8) is 0 Å². The van der Waals surface area contributed by atoms with E-state index in [4.69, 9.17) is 5.73 Å². The number of urea groups is 1. The number of hydrogen-bond donors (Lipinski definition) is 3. The van der Waals surface area contributed by atoms with Gasteiger partial charge in [-0.3, -0.25) is 10.9 Å². The van der Waals surface area contributed by atoms with E-state index in [-0.39, 0.29) is 17.1 Å². The standard InChI is InChI=1S/C12H10F3N5O/c13-12(14,15)8-3-1-2-7(6-8)9-4-5-10(18-17-9)19-20-11(16)21/h1-6H,(H,18,19)(H3,16,20,21). The molecule has 0 saturated carbocycles. The molecule has 1 aromatic carbocycles. The summed E-state index contributed by atoms with van der Waals surface area (Å²) in [7, 11) is 0. The van der Waals surface area contributed by atoms with Gasteiger partial charge < -0.3 is 5.73 Å². The third-order valence-corrected chi connectivity index (χ3v) is 2.46. The minimum atomic E-state index is -4.42. The van der Waals surface area contributed by atoms with Gasteiger partial charge in [0.25, 0.3) is 0 Å². The Morgan fingerprint density at radius 2 is 1.90 bits per heavy atom. The molecule has 0 atom stereocenters. The van der Waals surface area contributed by atoms with Crippen LogP contribution in [0.1, 0.15) is 5.56 Å². The number of amides is 2. The number of alkyl halides is 3. The second-order valence-electron chi connectivity index (χ2n) is 4.00. The average Bonchev–Trinajstić information content (AvgIpc) is 2.45. The summed E-state index contributed by atoms with van der Waals surface area (Å²) < 4.78 is 37.9. The largest absolute Gasteiger partial charge is 0.416 e. The number of hydrazine groups is 1. The molecule has 2 rings (SSSR count). The molecule has 110 valence electrons. The molecule has 1 aromatic heterocycles. The van der Waals surface area contributed by atoms with Gasteiger partial charge in [0, 0.05) is 5.56 Å². The first-order valence-electron chi connectivity index (χ1n) is 5.69. The van der Waals surface area contributed by atoms with Gasteiger partial charge in [0.2, 0.25) is 0 Å². The minimum absolute atomic E-state index is 0.199. The van der Waals surface area contributed by atoms with Crippen LogP contribution in [0.2, 0.25) is 0 Å². The number of carbonyl (C=O) groups excluding carboxylic acids is 1. The number of nitrogens with one attached hydrogen (secondary N) is 2. The van der Waals surface area contributed by atoms with Gasteiger partial charge in [-0.2, -0.15) is 13.2 Å². The normalized spacial score (nSPS) is 11.0. The van der Waals surface area contributed by atoms with Gasteiger partial charge in [0.15, 0.2) is 5.82 Å². The molecule has 0 spiro atoms. The number of aromatic nitrogens is 2. The Labute approximate surface area is 117 Å². The van der Waals surface area contributed by atoms with Crippen molar-refractivity contribution in [3.8, 4) is 11.3 Å². The van der Waals surface area contributed by atoms with Crippen molar-refractivity contribution in [1.82, 2.24) is 15.6 Å². The Morgan fingerprint density at radius 1 is 1.14 bits per heavy atom. The van der Waals surface area contributed by atoms with Crippen molar-refractivity contribution in [2.45, 2.75) is 6.18 Å². The van der Waals surface area contributed by atoms with Crippen LogP contribution in [0.3, 0.4) is 0 Å². The van der Waals surface area contributed by atoms with Gasteiger partial charge in [-0.15, -0.1) is 10.2 Å². The fourth-order valence-corrected chi connectivity index (χ4v) is 1.53. The Hall–Kier alpha value is -2.84. The quantitative estimate of drug-likeness (QED) is 0.757. The Kier molecular flexibility index (Phi) is 3.92. The number of anilines is 1. The molecule has 2 aromatic rings. The maximum atomic E-state index is 12.6. The summed E-state index contributed by atoms with van der Waals surface area (Å²) in [6.07, 6.45) is -4.42. The van der Waals surface area contributed by atoms with Crippen LogP contribution in [0.15, 0.2) is 36.4 Å². The summed E-state index contributed by atoms with van der Waals surface area (Å²) in [6.45, 7) is 0. The Bertz CT molecular complexity index is 642. The zero-order chi connectivity index (χ0) is 15.5. The highest BCUT2D eigenvalue weighted by Crippen LogP contribution is 2.31. The summed E-state index contributed by atoms with van der Waals surface area (Å²) in [4.78, 5) is 10.5. The van der Waals surface area contributed by atoms with Crippen LogP contribution in [0.25, 0.3) is 11.3 Å². The van der Waals surface area contributed by atoms with Crippen molar-refractivity contribution in [2.75, 3.05) is 5.43 Å². The second-order valence-corrected chi connectivity index (χ2v) is 4.00. The predicted octanol–water partition coefficient (Wildman–Crippen LogP) is 2.16. The topological polar surface area (TPSA) is 92.9 Å². The number of nitrogens with two attached hydrogens (primary N) is 1. The van der Waals surface area contributed by atoms with Gasteiger partial charge in [-0.25, -0.2) is 4.79 Å². The van der Waals surface area contributed by atoms with E-state index in [2.05, 4.69) is 21.0 Å². The van der Waals surface area contributed by atoms with E-state index in [1.165, 1.54) is 24.3 Å². The molecule has 1 heterocycles. The Morgan fingerprint density at radius 3 is 2.48 bits per heavy atom. The molecular weight excluding hydrogens is 287 g/mol. The van der Waals surface area contributed by atoms with E-state index in [1.54, 1.807) is 0 Å². The molecule has 4 N–H and O–H groups in total. The summed E-state index contributed by atoms with van der Waals surface area (Å²) >= 11 is 0. The number of nitrogens with zero attached hydrogens (tertiary/aromatic N) is 2. The minimum Gasteiger partial charge on any atom is -0.350 e. The smallest absolute Gasteiger partial charge is 0.350 e. The molecule has 0 aliphatic carbocycles. The van der Waals surface area contributed by atoms with Crippen LogP contribution >= 0.6 is 0 Å². The molecule has 0 aliphatic heterocycles. The lowest BCUT2D eigenvalue weighted by molar-refractivity contribution is -0.137. The molecule has 9 heteroatoms. The highest BCUT2D eigenvalue weighted by atomic mass is 19.4. The molecule has 2 amide bonds. The van der Waals surface area contributed by atoms with Crippen molar-refractivity contribution in [3.05, 3.63) is 42.0 Å². The van der Waals surface area contributed by atoms with Crippen molar-refractivity contribution < 1.29 is 18.0 Å². The summed E-state index contributed by atoms with van der Waals surface area (Å²) in [5.41, 5.74) is 9.11. The van der Waals surface area contributed by atoms with Crippen LogP contribution in [0.5, 0.6) is 0 Å². The number of carbonyl (C=O) groups is 1. The van der Waals surface area contributed by atoms with Gasteiger partial charge in [-0.1, -0.05) is 12.1 Å². The van der Waals surface area contributed by atoms with Crippen LogP contribution in [-0.4, -0.2) is 16.2 Å². The van der Waals surface area contributed by atoms with Crippen LogP contribution in [-0.2, 0) is 6.18 Å². The molecule has 6 nitrogen and oxygen atoms in total. The number of halogens is 3. The van der Waals surface area contributed by atoms with Crippen molar-refractivity contribution >= 4 is 11.8 Å². The number of rotatable bonds is 3. The summed E-state index contributed by atoms with van der Waals surface area (Å²) in [6, 6.07) is 6.85. The third-order valence-electron chi connectivity index (χ3n) is 2.46. The molecule has 0 bridgehead atoms. The fourth-order valence-electron chi connectivity index (χ4n) is 1.53. The SMILES string of the molecule is NC(=O)NNc1ccc(-c2cccc(C(F)(F)F)c2)nn1. The maximum Gasteiger partial charge on any atom is 0.416 e. The molecule has 0 fully saturated rings. The molecule has 0 radical (unpaired) electrons. The monoisotopic (exact) mass is 297 g/mol. The number of hydrogen-bond acceptors (Lipinski definition) is 4. The number of primary amides is 1. The first kappa shape index (κ1) is 14.6. The molecule has 0 saturated heterocycles. The molecule has 0 unspecified atom stereocenters. The maximum absolute atomic E-state index is 12.6.